The molecule has 1 amide bonds. The van der Waals surface area contributed by atoms with Gasteiger partial charge < -0.3 is 15.8 Å². The van der Waals surface area contributed by atoms with E-state index in [1.165, 1.54) is 18.3 Å². The van der Waals surface area contributed by atoms with E-state index in [1.54, 1.807) is 30.3 Å². The van der Waals surface area contributed by atoms with E-state index < -0.39 is 0 Å². The largest absolute Gasteiger partial charge is 0.439 e. The molecule has 22 heavy (non-hydrogen) atoms. The molecule has 0 radical (unpaired) electrons. The summed E-state index contributed by atoms with van der Waals surface area (Å²) in [4.78, 5) is 20.0. The zero-order valence-corrected chi connectivity index (χ0v) is 12.7. The van der Waals surface area contributed by atoms with Gasteiger partial charge in [0.1, 0.15) is 12.1 Å². The van der Waals surface area contributed by atoms with Crippen molar-refractivity contribution in [3.8, 4) is 11.6 Å². The summed E-state index contributed by atoms with van der Waals surface area (Å²) in [6.07, 6.45) is 1.39. The topological polar surface area (TPSA) is 116 Å². The van der Waals surface area contributed by atoms with Gasteiger partial charge in [0.15, 0.2) is 0 Å². The second-order valence-electron chi connectivity index (χ2n) is 4.31. The smallest absolute Gasteiger partial charge is 0.251 e. The van der Waals surface area contributed by atoms with Gasteiger partial charge in [0.25, 0.3) is 5.91 Å². The van der Waals surface area contributed by atoms with E-state index in [0.29, 0.717) is 41.7 Å². The van der Waals surface area contributed by atoms with Crippen LogP contribution in [0.4, 0.5) is 0 Å². The van der Waals surface area contributed by atoms with Crippen LogP contribution in [-0.4, -0.2) is 28.2 Å². The van der Waals surface area contributed by atoms with Crippen molar-refractivity contribution in [2.45, 2.75) is 6.54 Å². The van der Waals surface area contributed by atoms with Crippen LogP contribution in [0, 0.1) is 0 Å². The number of nitrogens with two attached hydrogens (primary N) is 2. The molecule has 0 saturated heterocycles. The monoisotopic (exact) mass is 319 g/mol. The number of ether oxygens (including phenoxy) is 1. The fraction of sp³-hybridized carbons (Fsp3) is 0.214. The number of benzene rings is 1. The van der Waals surface area contributed by atoms with Gasteiger partial charge in [0.05, 0.1) is 5.69 Å². The van der Waals surface area contributed by atoms with E-state index in [2.05, 4.69) is 15.3 Å². The minimum atomic E-state index is -0.176. The lowest BCUT2D eigenvalue weighted by molar-refractivity contribution is 0.0956. The van der Waals surface area contributed by atoms with Crippen molar-refractivity contribution in [2.24, 2.45) is 10.9 Å². The number of nitrogens with one attached hydrogen (secondary N) is 1. The summed E-state index contributed by atoms with van der Waals surface area (Å²) in [5.41, 5.74) is 6.71. The lowest BCUT2D eigenvalue weighted by atomic mass is 10.2. The summed E-state index contributed by atoms with van der Waals surface area (Å²) in [5, 5.41) is 8.08. The zero-order valence-electron chi connectivity index (χ0n) is 11.9. The van der Waals surface area contributed by atoms with Crippen LogP contribution < -0.4 is 20.9 Å². The molecule has 0 atom stereocenters. The number of carbonyl (C=O) groups is 1. The predicted octanol–water partition coefficient (Wildman–Crippen LogP) is 1.06. The molecule has 0 spiro atoms. The van der Waals surface area contributed by atoms with Crippen LogP contribution in [0.3, 0.4) is 0 Å². The van der Waals surface area contributed by atoms with E-state index in [-0.39, 0.29) is 5.91 Å². The van der Waals surface area contributed by atoms with Crippen molar-refractivity contribution in [3.05, 3.63) is 47.9 Å². The summed E-state index contributed by atoms with van der Waals surface area (Å²) in [7, 11) is 0. The molecule has 0 unspecified atom stereocenters. The molecule has 7 nitrogen and oxygen atoms in total. The Morgan fingerprint density at radius 3 is 2.95 bits per heavy atom. The first-order valence-electron chi connectivity index (χ1n) is 6.61. The third-order valence-corrected chi connectivity index (χ3v) is 3.17. The first-order chi connectivity index (χ1) is 10.7. The zero-order chi connectivity index (χ0) is 15.8. The van der Waals surface area contributed by atoms with Crippen LogP contribution in [0.1, 0.15) is 16.1 Å². The number of hydrogen-bond acceptors (Lipinski definition) is 7. The van der Waals surface area contributed by atoms with E-state index in [9.17, 15) is 4.79 Å². The highest BCUT2D eigenvalue weighted by atomic mass is 32.2. The average Bonchev–Trinajstić information content (AvgIpc) is 2.55. The quantitative estimate of drug-likeness (QED) is 0.516. The van der Waals surface area contributed by atoms with E-state index in [0.717, 1.165) is 0 Å². The Kier molecular flexibility index (Phi) is 6.13. The van der Waals surface area contributed by atoms with Crippen LogP contribution in [0.15, 0.2) is 36.7 Å². The lowest BCUT2D eigenvalue weighted by Gasteiger charge is -2.08. The van der Waals surface area contributed by atoms with Gasteiger partial charge in [-0.05, 0) is 18.2 Å². The number of nitrogens with zero attached hydrogens (tertiary/aromatic N) is 2. The third kappa shape index (κ3) is 4.69. The van der Waals surface area contributed by atoms with E-state index >= 15 is 0 Å². The Morgan fingerprint density at radius 1 is 1.32 bits per heavy atom. The molecule has 116 valence electrons. The second kappa shape index (κ2) is 8.32. The summed E-state index contributed by atoms with van der Waals surface area (Å²) in [5.74, 6) is 1.38. The normalized spacial score (nSPS) is 10.3. The van der Waals surface area contributed by atoms with Crippen molar-refractivity contribution in [1.29, 1.82) is 0 Å². The molecule has 5 N–H and O–H groups in total. The van der Waals surface area contributed by atoms with Crippen LogP contribution in [0.25, 0.3) is 0 Å². The molecular formula is C14H17N5O2S. The van der Waals surface area contributed by atoms with Crippen molar-refractivity contribution in [1.82, 2.24) is 15.3 Å². The second-order valence-corrected chi connectivity index (χ2v) is 5.05. The maximum Gasteiger partial charge on any atom is 0.251 e. The highest BCUT2D eigenvalue weighted by molar-refractivity contribution is 7.97. The molecule has 2 aromatic rings. The molecule has 1 aromatic heterocycles. The van der Waals surface area contributed by atoms with E-state index in [4.69, 9.17) is 15.6 Å². The highest BCUT2D eigenvalue weighted by Crippen LogP contribution is 2.20. The van der Waals surface area contributed by atoms with Gasteiger partial charge in [0.2, 0.25) is 5.88 Å². The van der Waals surface area contributed by atoms with Crippen LogP contribution in [-0.2, 0) is 6.54 Å². The Hall–Kier alpha value is -2.16. The van der Waals surface area contributed by atoms with Crippen LogP contribution >= 0.6 is 11.9 Å². The van der Waals surface area contributed by atoms with Crippen molar-refractivity contribution in [3.63, 3.8) is 0 Å². The Bertz CT molecular complexity index is 638. The number of rotatable bonds is 7. The lowest BCUT2D eigenvalue weighted by Crippen LogP contribution is -2.26. The maximum atomic E-state index is 12.0. The molecule has 0 aliphatic rings. The van der Waals surface area contributed by atoms with Gasteiger partial charge >= 0.3 is 0 Å². The summed E-state index contributed by atoms with van der Waals surface area (Å²) >= 11 is 1.18. The SMILES string of the molecule is NCc1cc(Oc2cccc(C(=O)NCCSN)c2)ncn1. The van der Waals surface area contributed by atoms with Crippen LogP contribution in [0.2, 0.25) is 0 Å². The Morgan fingerprint density at radius 2 is 2.18 bits per heavy atom. The molecule has 0 aliphatic heterocycles. The number of carbonyl (C=O) groups excluding carboxylic acids is 1. The molecule has 1 heterocycles. The minimum Gasteiger partial charge on any atom is -0.439 e. The fourth-order valence-corrected chi connectivity index (χ4v) is 1.91. The standard InChI is InChI=1S/C14H17N5O2S/c15-8-11-7-13(19-9-18-11)21-12-3-1-2-10(6-12)14(20)17-4-5-22-16/h1-3,6-7,9H,4-5,8,15-16H2,(H,17,20). The van der Waals surface area contributed by atoms with Crippen LogP contribution in [0.5, 0.6) is 11.6 Å². The summed E-state index contributed by atoms with van der Waals surface area (Å²) < 4.78 is 5.63. The van der Waals surface area contributed by atoms with E-state index in [1.807, 2.05) is 0 Å². The Labute approximate surface area is 132 Å². The highest BCUT2D eigenvalue weighted by Gasteiger charge is 2.07. The molecule has 0 bridgehead atoms. The van der Waals surface area contributed by atoms with Gasteiger partial charge in [-0.15, -0.1) is 0 Å². The molecule has 0 aliphatic carbocycles. The Balaban J connectivity index is 2.06. The predicted molar refractivity (Wildman–Crippen MR) is 85.4 cm³/mol. The van der Waals surface area contributed by atoms with Crippen molar-refractivity contribution < 1.29 is 9.53 Å². The van der Waals surface area contributed by atoms with Gasteiger partial charge in [-0.3, -0.25) is 9.93 Å². The summed E-state index contributed by atoms with van der Waals surface area (Å²) in [6.45, 7) is 0.817. The fourth-order valence-electron chi connectivity index (χ4n) is 1.69. The molecule has 0 saturated carbocycles. The molecule has 1 aromatic carbocycles. The first-order valence-corrected chi connectivity index (χ1v) is 7.66. The number of hydrogen-bond donors (Lipinski definition) is 3. The van der Waals surface area contributed by atoms with Gasteiger partial charge in [-0.25, -0.2) is 9.97 Å². The molecule has 2 rings (SSSR count). The average molecular weight is 319 g/mol. The van der Waals surface area contributed by atoms with Gasteiger partial charge in [0, 0.05) is 30.5 Å². The van der Waals surface area contributed by atoms with Crippen molar-refractivity contribution in [2.75, 3.05) is 12.3 Å². The summed E-state index contributed by atoms with van der Waals surface area (Å²) in [6, 6.07) is 8.51. The molecule has 8 heteroatoms. The molecular weight excluding hydrogens is 302 g/mol. The van der Waals surface area contributed by atoms with Crippen molar-refractivity contribution >= 4 is 17.9 Å². The minimum absolute atomic E-state index is 0.176. The number of aromatic nitrogens is 2. The first kappa shape index (κ1) is 16.2. The number of amides is 1. The van der Waals surface area contributed by atoms with Gasteiger partial charge in [-0.1, -0.05) is 18.0 Å². The third-order valence-electron chi connectivity index (χ3n) is 2.73. The van der Waals surface area contributed by atoms with Gasteiger partial charge in [-0.2, -0.15) is 0 Å². The molecule has 0 fully saturated rings. The maximum absolute atomic E-state index is 12.0.